The molecule has 0 saturated carbocycles. The first-order valence-corrected chi connectivity index (χ1v) is 7.47. The van der Waals surface area contributed by atoms with Gasteiger partial charge in [-0.1, -0.05) is 0 Å². The average Bonchev–Trinajstić information content (AvgIpc) is 2.87. The molecule has 114 valence electrons. The number of carbonyl (C=O) groups is 2. The molecule has 2 aromatic rings. The van der Waals surface area contributed by atoms with E-state index in [4.69, 9.17) is 0 Å². The van der Waals surface area contributed by atoms with E-state index in [1.54, 1.807) is 33.9 Å². The van der Waals surface area contributed by atoms with Gasteiger partial charge in [-0.2, -0.15) is 0 Å². The molecule has 0 fully saturated rings. The number of imidazole rings is 1. The van der Waals surface area contributed by atoms with E-state index in [9.17, 15) is 14.7 Å². The minimum absolute atomic E-state index is 0.132. The van der Waals surface area contributed by atoms with Gasteiger partial charge in [-0.15, -0.1) is 11.3 Å². The van der Waals surface area contributed by atoms with Gasteiger partial charge >= 0.3 is 5.97 Å². The summed E-state index contributed by atoms with van der Waals surface area (Å²) in [6.07, 6.45) is 3.82. The lowest BCUT2D eigenvalue weighted by Gasteiger charge is -2.38. The molecule has 0 unspecified atom stereocenters. The third kappa shape index (κ3) is 2.92. The Morgan fingerprint density at radius 3 is 2.62 bits per heavy atom. The molecule has 1 amide bonds. The SMILES string of the molecule is CC(C)(NC(=O)Cc1cn2ccsc2n1)C(C)(C)C(=O)O. The predicted octanol–water partition coefficient (Wildman–Crippen LogP) is 1.94. The van der Waals surface area contributed by atoms with Crippen LogP contribution in [0.15, 0.2) is 17.8 Å². The molecule has 0 aliphatic rings. The summed E-state index contributed by atoms with van der Waals surface area (Å²) >= 11 is 1.50. The Bertz CT molecular complexity index is 656. The molecular weight excluding hydrogens is 290 g/mol. The van der Waals surface area contributed by atoms with Crippen molar-refractivity contribution in [2.45, 2.75) is 39.7 Å². The second-order valence-electron chi connectivity index (χ2n) is 6.11. The van der Waals surface area contributed by atoms with Crippen LogP contribution in [0, 0.1) is 5.41 Å². The van der Waals surface area contributed by atoms with E-state index in [-0.39, 0.29) is 12.3 Å². The van der Waals surface area contributed by atoms with Crippen molar-refractivity contribution in [1.82, 2.24) is 14.7 Å². The van der Waals surface area contributed by atoms with Crippen molar-refractivity contribution in [2.24, 2.45) is 5.41 Å². The first-order valence-electron chi connectivity index (χ1n) is 6.59. The summed E-state index contributed by atoms with van der Waals surface area (Å²) in [5.41, 5.74) is -1.27. The van der Waals surface area contributed by atoms with Crippen molar-refractivity contribution in [3.05, 3.63) is 23.5 Å². The van der Waals surface area contributed by atoms with Gasteiger partial charge in [-0.3, -0.25) is 14.0 Å². The lowest BCUT2D eigenvalue weighted by Crippen LogP contribution is -2.57. The lowest BCUT2D eigenvalue weighted by atomic mass is 9.74. The number of hydrogen-bond donors (Lipinski definition) is 2. The van der Waals surface area contributed by atoms with E-state index in [0.717, 1.165) is 4.96 Å². The number of aromatic nitrogens is 2. The van der Waals surface area contributed by atoms with Crippen LogP contribution < -0.4 is 5.32 Å². The molecule has 0 saturated heterocycles. The van der Waals surface area contributed by atoms with Gasteiger partial charge in [0, 0.05) is 23.3 Å². The molecule has 0 aliphatic heterocycles. The molecule has 2 aromatic heterocycles. The lowest BCUT2D eigenvalue weighted by molar-refractivity contribution is -0.151. The van der Waals surface area contributed by atoms with E-state index >= 15 is 0 Å². The number of carboxylic acids is 1. The Balaban J connectivity index is 2.07. The molecule has 0 radical (unpaired) electrons. The number of nitrogens with zero attached hydrogens (tertiary/aromatic N) is 2. The molecule has 6 nitrogen and oxygen atoms in total. The summed E-state index contributed by atoms with van der Waals surface area (Å²) in [6, 6.07) is 0. The van der Waals surface area contributed by atoms with Gasteiger partial charge in [0.2, 0.25) is 5.91 Å². The van der Waals surface area contributed by atoms with E-state index < -0.39 is 16.9 Å². The van der Waals surface area contributed by atoms with Crippen LogP contribution in [-0.4, -0.2) is 31.9 Å². The molecule has 2 N–H and O–H groups in total. The highest BCUT2D eigenvalue weighted by molar-refractivity contribution is 7.15. The van der Waals surface area contributed by atoms with Crippen LogP contribution >= 0.6 is 11.3 Å². The number of carboxylic acid groups (broad SMARTS) is 1. The van der Waals surface area contributed by atoms with Crippen molar-refractivity contribution in [2.75, 3.05) is 0 Å². The van der Waals surface area contributed by atoms with Crippen molar-refractivity contribution in [3.63, 3.8) is 0 Å². The summed E-state index contributed by atoms with van der Waals surface area (Å²) in [4.78, 5) is 28.7. The Morgan fingerprint density at radius 1 is 1.38 bits per heavy atom. The smallest absolute Gasteiger partial charge is 0.311 e. The highest BCUT2D eigenvalue weighted by Gasteiger charge is 2.44. The zero-order valence-corrected chi connectivity index (χ0v) is 13.3. The molecule has 0 aromatic carbocycles. The summed E-state index contributed by atoms with van der Waals surface area (Å²) < 4.78 is 1.86. The number of hydrogen-bond acceptors (Lipinski definition) is 4. The van der Waals surface area contributed by atoms with Crippen LogP contribution in [0.1, 0.15) is 33.4 Å². The number of carbonyl (C=O) groups excluding carboxylic acids is 1. The van der Waals surface area contributed by atoms with Crippen LogP contribution in [0.5, 0.6) is 0 Å². The fraction of sp³-hybridized carbons (Fsp3) is 0.500. The molecule has 7 heteroatoms. The van der Waals surface area contributed by atoms with E-state index in [0.29, 0.717) is 5.69 Å². The van der Waals surface area contributed by atoms with Gasteiger partial charge in [0.05, 0.1) is 17.5 Å². The first kappa shape index (κ1) is 15.5. The second kappa shape index (κ2) is 5.14. The van der Waals surface area contributed by atoms with Crippen LogP contribution in [0.2, 0.25) is 0 Å². The quantitative estimate of drug-likeness (QED) is 0.884. The average molecular weight is 309 g/mol. The minimum atomic E-state index is -1.07. The fourth-order valence-electron chi connectivity index (χ4n) is 1.84. The Morgan fingerprint density at radius 2 is 2.05 bits per heavy atom. The van der Waals surface area contributed by atoms with Crippen molar-refractivity contribution in [3.8, 4) is 0 Å². The topological polar surface area (TPSA) is 83.7 Å². The van der Waals surface area contributed by atoms with Crippen LogP contribution in [0.3, 0.4) is 0 Å². The number of amides is 1. The number of fused-ring (bicyclic) bond motifs is 1. The molecule has 0 spiro atoms. The molecule has 2 rings (SSSR count). The first-order chi connectivity index (χ1) is 9.63. The third-order valence-electron chi connectivity index (χ3n) is 4.03. The molecule has 0 atom stereocenters. The number of rotatable bonds is 5. The van der Waals surface area contributed by atoms with Crippen molar-refractivity contribution in [1.29, 1.82) is 0 Å². The highest BCUT2D eigenvalue weighted by Crippen LogP contribution is 2.30. The van der Waals surface area contributed by atoms with Crippen molar-refractivity contribution < 1.29 is 14.7 Å². The third-order valence-corrected chi connectivity index (χ3v) is 4.80. The van der Waals surface area contributed by atoms with Gasteiger partial charge in [0.1, 0.15) is 0 Å². The van der Waals surface area contributed by atoms with Gasteiger partial charge in [0.25, 0.3) is 0 Å². The maximum atomic E-state index is 12.1. The van der Waals surface area contributed by atoms with Crippen LogP contribution in [0.4, 0.5) is 0 Å². The standard InChI is InChI=1S/C14H19N3O3S/c1-13(2,11(19)20)14(3,4)16-10(18)7-9-8-17-5-6-21-12(17)15-9/h5-6,8H,7H2,1-4H3,(H,16,18)(H,19,20). The highest BCUT2D eigenvalue weighted by atomic mass is 32.1. The Hall–Kier alpha value is -1.89. The summed E-state index contributed by atoms with van der Waals surface area (Å²) in [5.74, 6) is -1.18. The fourth-order valence-corrected chi connectivity index (χ4v) is 2.56. The zero-order valence-electron chi connectivity index (χ0n) is 12.5. The molecule has 0 bridgehead atoms. The largest absolute Gasteiger partial charge is 0.481 e. The summed E-state index contributed by atoms with van der Waals surface area (Å²) in [5, 5.41) is 14.0. The Kier molecular flexibility index (Phi) is 3.79. The predicted molar refractivity (Wildman–Crippen MR) is 80.4 cm³/mol. The van der Waals surface area contributed by atoms with Gasteiger partial charge in [-0.25, -0.2) is 4.98 Å². The monoisotopic (exact) mass is 309 g/mol. The van der Waals surface area contributed by atoms with Crippen LogP contribution in [0.25, 0.3) is 4.96 Å². The summed E-state index contributed by atoms with van der Waals surface area (Å²) in [7, 11) is 0. The number of nitrogens with one attached hydrogen (secondary N) is 1. The molecule has 0 aliphatic carbocycles. The summed E-state index contributed by atoms with van der Waals surface area (Å²) in [6.45, 7) is 6.62. The van der Waals surface area contributed by atoms with E-state index in [2.05, 4.69) is 10.3 Å². The van der Waals surface area contributed by atoms with Crippen molar-refractivity contribution >= 4 is 28.2 Å². The maximum Gasteiger partial charge on any atom is 0.311 e. The second-order valence-corrected chi connectivity index (χ2v) is 6.98. The molecule has 2 heterocycles. The van der Waals surface area contributed by atoms with Gasteiger partial charge in [0.15, 0.2) is 4.96 Å². The number of aliphatic carboxylic acids is 1. The normalized spacial score (nSPS) is 12.6. The van der Waals surface area contributed by atoms with Gasteiger partial charge in [-0.05, 0) is 27.7 Å². The molecule has 21 heavy (non-hydrogen) atoms. The minimum Gasteiger partial charge on any atom is -0.481 e. The zero-order chi connectivity index (χ0) is 15.8. The number of thiazole rings is 1. The Labute approximate surface area is 126 Å². The maximum absolute atomic E-state index is 12.1. The van der Waals surface area contributed by atoms with E-state index in [1.165, 1.54) is 11.3 Å². The van der Waals surface area contributed by atoms with E-state index in [1.807, 2.05) is 16.0 Å². The van der Waals surface area contributed by atoms with Gasteiger partial charge < -0.3 is 10.4 Å². The van der Waals surface area contributed by atoms with Crippen LogP contribution in [-0.2, 0) is 16.0 Å². The molecular formula is C14H19N3O3S.